The largest absolute Gasteiger partial charge is 0.339 e. The van der Waals surface area contributed by atoms with Crippen LogP contribution in [0.2, 0.25) is 5.02 Å². The van der Waals surface area contributed by atoms with Gasteiger partial charge in [0.25, 0.3) is 0 Å². The number of anilines is 1. The Labute approximate surface area is 111 Å². The first-order chi connectivity index (χ1) is 8.76. The van der Waals surface area contributed by atoms with Gasteiger partial charge in [-0.2, -0.15) is 4.98 Å². The summed E-state index contributed by atoms with van der Waals surface area (Å²) < 4.78 is 1.73. The molecule has 6 heteroatoms. The Balaban J connectivity index is 1.82. The minimum absolute atomic E-state index is 0.646. The van der Waals surface area contributed by atoms with E-state index in [0.717, 1.165) is 44.1 Å². The number of rotatable bonds is 2. The van der Waals surface area contributed by atoms with Crippen LogP contribution in [0.1, 0.15) is 12.8 Å². The van der Waals surface area contributed by atoms with Crippen molar-refractivity contribution in [3.05, 3.63) is 23.4 Å². The van der Waals surface area contributed by atoms with E-state index in [1.54, 1.807) is 10.7 Å². The van der Waals surface area contributed by atoms with Gasteiger partial charge in [-0.25, -0.2) is 4.52 Å². The first-order valence-corrected chi connectivity index (χ1v) is 6.61. The van der Waals surface area contributed by atoms with Gasteiger partial charge in [0.15, 0.2) is 5.65 Å². The van der Waals surface area contributed by atoms with Crippen molar-refractivity contribution in [1.82, 2.24) is 14.6 Å². The molecule has 1 aliphatic heterocycles. The molecule has 0 unspecified atom stereocenters. The zero-order chi connectivity index (χ0) is 12.5. The quantitative estimate of drug-likeness (QED) is 0.895. The highest BCUT2D eigenvalue weighted by atomic mass is 35.5. The molecule has 18 heavy (non-hydrogen) atoms. The first-order valence-electron chi connectivity index (χ1n) is 6.23. The highest BCUT2D eigenvalue weighted by Crippen LogP contribution is 2.21. The Morgan fingerprint density at radius 2 is 2.11 bits per heavy atom. The lowest BCUT2D eigenvalue weighted by molar-refractivity contribution is 0.411. The Kier molecular flexibility index (Phi) is 3.09. The Bertz CT molecular complexity index is 544. The van der Waals surface area contributed by atoms with Gasteiger partial charge in [-0.3, -0.25) is 0 Å². The Morgan fingerprint density at radius 3 is 2.83 bits per heavy atom. The number of piperidine rings is 1. The summed E-state index contributed by atoms with van der Waals surface area (Å²) in [7, 11) is 0. The highest BCUT2D eigenvalue weighted by Gasteiger charge is 2.20. The molecule has 2 aromatic rings. The lowest BCUT2D eigenvalue weighted by Crippen LogP contribution is -2.36. The lowest BCUT2D eigenvalue weighted by Gasteiger charge is -2.30. The molecule has 2 aromatic heterocycles. The van der Waals surface area contributed by atoms with Crippen LogP contribution in [0.25, 0.3) is 5.65 Å². The number of fused-ring (bicyclic) bond motifs is 1. The fourth-order valence-electron chi connectivity index (χ4n) is 2.35. The van der Waals surface area contributed by atoms with Gasteiger partial charge < -0.3 is 10.6 Å². The van der Waals surface area contributed by atoms with Crippen molar-refractivity contribution in [3.63, 3.8) is 0 Å². The van der Waals surface area contributed by atoms with Crippen molar-refractivity contribution in [1.29, 1.82) is 0 Å². The Morgan fingerprint density at radius 1 is 1.33 bits per heavy atom. The molecule has 1 fully saturated rings. The minimum atomic E-state index is 0.646. The summed E-state index contributed by atoms with van der Waals surface area (Å²) in [6, 6.07) is 3.71. The molecule has 5 nitrogen and oxygen atoms in total. The summed E-state index contributed by atoms with van der Waals surface area (Å²) in [5.74, 6) is 1.43. The average Bonchev–Trinajstić information content (AvgIpc) is 2.81. The molecule has 0 bridgehead atoms. The molecule has 2 N–H and O–H groups in total. The number of nitrogens with two attached hydrogens (primary N) is 1. The Hall–Kier alpha value is -1.33. The second kappa shape index (κ2) is 4.74. The maximum absolute atomic E-state index is 5.94. The number of aromatic nitrogens is 3. The molecule has 0 atom stereocenters. The van der Waals surface area contributed by atoms with Crippen LogP contribution in [0.4, 0.5) is 5.95 Å². The van der Waals surface area contributed by atoms with Crippen LogP contribution in [0.3, 0.4) is 0 Å². The van der Waals surface area contributed by atoms with E-state index in [0.29, 0.717) is 10.9 Å². The van der Waals surface area contributed by atoms with Crippen molar-refractivity contribution in [2.45, 2.75) is 12.8 Å². The van der Waals surface area contributed by atoms with Crippen LogP contribution < -0.4 is 10.6 Å². The molecule has 3 rings (SSSR count). The van der Waals surface area contributed by atoms with E-state index in [4.69, 9.17) is 17.3 Å². The second-order valence-corrected chi connectivity index (χ2v) is 5.16. The molecule has 96 valence electrons. The predicted octanol–water partition coefficient (Wildman–Crippen LogP) is 1.56. The highest BCUT2D eigenvalue weighted by molar-refractivity contribution is 6.30. The maximum atomic E-state index is 5.94. The third-order valence-corrected chi connectivity index (χ3v) is 3.74. The summed E-state index contributed by atoms with van der Waals surface area (Å²) in [6.45, 7) is 2.74. The monoisotopic (exact) mass is 265 g/mol. The van der Waals surface area contributed by atoms with E-state index >= 15 is 0 Å². The van der Waals surface area contributed by atoms with Crippen molar-refractivity contribution in [3.8, 4) is 0 Å². The molecule has 0 aliphatic carbocycles. The van der Waals surface area contributed by atoms with Crippen LogP contribution >= 0.6 is 11.6 Å². The number of nitrogens with zero attached hydrogens (tertiary/aromatic N) is 4. The summed E-state index contributed by atoms with van der Waals surface area (Å²) in [6.07, 6.45) is 4.01. The zero-order valence-electron chi connectivity index (χ0n) is 10.1. The number of halogens is 1. The number of hydrogen-bond acceptors (Lipinski definition) is 4. The number of pyridine rings is 1. The van der Waals surface area contributed by atoms with Gasteiger partial charge in [0, 0.05) is 19.3 Å². The molecule has 0 aromatic carbocycles. The van der Waals surface area contributed by atoms with Crippen molar-refractivity contribution < 1.29 is 0 Å². The van der Waals surface area contributed by atoms with Gasteiger partial charge in [0.1, 0.15) is 0 Å². The summed E-state index contributed by atoms with van der Waals surface area (Å²) in [5, 5.41) is 5.13. The van der Waals surface area contributed by atoms with E-state index in [2.05, 4.69) is 15.0 Å². The van der Waals surface area contributed by atoms with Gasteiger partial charge in [-0.05, 0) is 37.4 Å². The normalized spacial score (nSPS) is 17.6. The van der Waals surface area contributed by atoms with Crippen LogP contribution in [-0.2, 0) is 0 Å². The van der Waals surface area contributed by atoms with Crippen LogP contribution in [0.15, 0.2) is 18.3 Å². The van der Waals surface area contributed by atoms with E-state index in [1.807, 2.05) is 12.1 Å². The molecule has 0 amide bonds. The number of hydrogen-bond donors (Lipinski definition) is 1. The molecule has 1 saturated heterocycles. The third-order valence-electron chi connectivity index (χ3n) is 3.51. The smallest absolute Gasteiger partial charge is 0.245 e. The van der Waals surface area contributed by atoms with Crippen LogP contribution in [0.5, 0.6) is 0 Å². The molecule has 0 saturated carbocycles. The zero-order valence-corrected chi connectivity index (χ0v) is 10.8. The summed E-state index contributed by atoms with van der Waals surface area (Å²) >= 11 is 5.94. The van der Waals surface area contributed by atoms with Gasteiger partial charge in [-0.1, -0.05) is 11.6 Å². The molecule has 3 heterocycles. The topological polar surface area (TPSA) is 59.5 Å². The van der Waals surface area contributed by atoms with Crippen molar-refractivity contribution >= 4 is 23.2 Å². The minimum Gasteiger partial charge on any atom is -0.339 e. The van der Waals surface area contributed by atoms with Crippen LogP contribution in [0, 0.1) is 5.92 Å². The molecule has 1 aliphatic rings. The maximum Gasteiger partial charge on any atom is 0.245 e. The third kappa shape index (κ3) is 2.15. The van der Waals surface area contributed by atoms with Gasteiger partial charge in [-0.15, -0.1) is 5.10 Å². The van der Waals surface area contributed by atoms with Gasteiger partial charge >= 0.3 is 0 Å². The molecule has 0 radical (unpaired) electrons. The van der Waals surface area contributed by atoms with Crippen molar-refractivity contribution in [2.75, 3.05) is 24.5 Å². The average molecular weight is 266 g/mol. The van der Waals surface area contributed by atoms with E-state index < -0.39 is 0 Å². The second-order valence-electron chi connectivity index (χ2n) is 4.73. The van der Waals surface area contributed by atoms with E-state index in [9.17, 15) is 0 Å². The summed E-state index contributed by atoms with van der Waals surface area (Å²) in [4.78, 5) is 6.73. The summed E-state index contributed by atoms with van der Waals surface area (Å²) in [5.41, 5.74) is 6.53. The van der Waals surface area contributed by atoms with Gasteiger partial charge in [0.2, 0.25) is 5.95 Å². The standard InChI is InChI=1S/C12H16ClN5/c13-10-1-2-11-15-12(16-18(11)8-10)17-5-3-9(7-14)4-6-17/h1-2,8-9H,3-7,14H2. The van der Waals surface area contributed by atoms with Crippen molar-refractivity contribution in [2.24, 2.45) is 11.7 Å². The predicted molar refractivity (Wildman–Crippen MR) is 72.0 cm³/mol. The fraction of sp³-hybridized carbons (Fsp3) is 0.500. The fourth-order valence-corrected chi connectivity index (χ4v) is 2.50. The molecule has 0 spiro atoms. The van der Waals surface area contributed by atoms with Crippen LogP contribution in [-0.4, -0.2) is 34.2 Å². The van der Waals surface area contributed by atoms with E-state index in [-0.39, 0.29) is 0 Å². The first kappa shape index (κ1) is 11.7. The molecular weight excluding hydrogens is 250 g/mol. The molecular formula is C12H16ClN5. The SMILES string of the molecule is NCC1CCN(c2nc3ccc(Cl)cn3n2)CC1. The van der Waals surface area contributed by atoms with Gasteiger partial charge in [0.05, 0.1) is 5.02 Å². The lowest BCUT2D eigenvalue weighted by atomic mass is 9.97. The van der Waals surface area contributed by atoms with E-state index in [1.165, 1.54) is 0 Å².